The molecule has 0 aliphatic rings. The Balaban J connectivity index is 1.81. The summed E-state index contributed by atoms with van der Waals surface area (Å²) < 4.78 is 11.1. The van der Waals surface area contributed by atoms with Crippen LogP contribution >= 0.6 is 0 Å². The van der Waals surface area contributed by atoms with Gasteiger partial charge < -0.3 is 19.4 Å². The lowest BCUT2D eigenvalue weighted by Crippen LogP contribution is -2.24. The Morgan fingerprint density at radius 3 is 2.37 bits per heavy atom. The molecule has 1 atom stereocenters. The molecule has 154 valence electrons. The molecule has 0 spiro atoms. The van der Waals surface area contributed by atoms with Gasteiger partial charge in [0.1, 0.15) is 18.1 Å². The molecule has 0 aliphatic carbocycles. The second-order valence-corrected chi connectivity index (χ2v) is 6.91. The second kappa shape index (κ2) is 10.3. The topological polar surface area (TPSA) is 75.7 Å². The number of carbonyl (C=O) groups excluding carboxylic acids is 2. The van der Waals surface area contributed by atoms with E-state index in [-0.39, 0.29) is 18.6 Å². The zero-order valence-corrected chi connectivity index (χ0v) is 16.7. The molecule has 1 unspecified atom stereocenters. The van der Waals surface area contributed by atoms with Crippen LogP contribution in [0.5, 0.6) is 11.5 Å². The lowest BCUT2D eigenvalue weighted by atomic mass is 9.87. The SMILES string of the molecule is COc1cccc(C(CCC(=O)[O-])C(=O)c2cccc(OCc3ccccc3)c2)c1. The Kier molecular flexibility index (Phi) is 7.22. The first-order valence-corrected chi connectivity index (χ1v) is 9.71. The summed E-state index contributed by atoms with van der Waals surface area (Å²) in [4.78, 5) is 24.3. The largest absolute Gasteiger partial charge is 0.550 e. The molecule has 5 heteroatoms. The fraction of sp³-hybridized carbons (Fsp3) is 0.200. The number of Topliss-reactive ketones (excluding diaryl/α,β-unsaturated/α-hetero) is 1. The smallest absolute Gasteiger partial charge is 0.170 e. The van der Waals surface area contributed by atoms with Crippen LogP contribution in [0.15, 0.2) is 78.9 Å². The summed E-state index contributed by atoms with van der Waals surface area (Å²) >= 11 is 0. The van der Waals surface area contributed by atoms with Crippen LogP contribution in [0, 0.1) is 0 Å². The number of carboxylic acids is 1. The maximum atomic E-state index is 13.3. The zero-order valence-electron chi connectivity index (χ0n) is 16.7. The highest BCUT2D eigenvalue weighted by atomic mass is 16.5. The van der Waals surface area contributed by atoms with E-state index in [0.29, 0.717) is 29.2 Å². The summed E-state index contributed by atoms with van der Waals surface area (Å²) in [6.45, 7) is 0.391. The Morgan fingerprint density at radius 2 is 1.63 bits per heavy atom. The number of rotatable bonds is 10. The van der Waals surface area contributed by atoms with Crippen molar-refractivity contribution in [1.82, 2.24) is 0 Å². The van der Waals surface area contributed by atoms with Gasteiger partial charge in [0.15, 0.2) is 5.78 Å². The van der Waals surface area contributed by atoms with Crippen LogP contribution in [-0.4, -0.2) is 18.9 Å². The normalized spacial score (nSPS) is 11.5. The molecule has 0 heterocycles. The van der Waals surface area contributed by atoms with Crippen LogP contribution in [0.2, 0.25) is 0 Å². The number of ketones is 1. The predicted octanol–water partition coefficient (Wildman–Crippen LogP) is 3.77. The van der Waals surface area contributed by atoms with E-state index < -0.39 is 11.9 Å². The van der Waals surface area contributed by atoms with Gasteiger partial charge in [0, 0.05) is 17.5 Å². The van der Waals surface area contributed by atoms with Gasteiger partial charge in [-0.25, -0.2) is 0 Å². The van der Waals surface area contributed by atoms with Crippen LogP contribution in [-0.2, 0) is 11.4 Å². The van der Waals surface area contributed by atoms with E-state index in [0.717, 1.165) is 5.56 Å². The number of carboxylic acid groups (broad SMARTS) is 1. The van der Waals surface area contributed by atoms with Crippen LogP contribution in [0.25, 0.3) is 0 Å². The molecule has 0 saturated heterocycles. The van der Waals surface area contributed by atoms with Crippen LogP contribution < -0.4 is 14.6 Å². The molecule has 0 radical (unpaired) electrons. The first-order valence-electron chi connectivity index (χ1n) is 9.71. The van der Waals surface area contributed by atoms with Crippen LogP contribution in [0.4, 0.5) is 0 Å². The van der Waals surface area contributed by atoms with Crippen LogP contribution in [0.1, 0.15) is 40.2 Å². The minimum Gasteiger partial charge on any atom is -0.550 e. The summed E-state index contributed by atoms with van der Waals surface area (Å²) in [5.74, 6) is -0.791. The first-order chi connectivity index (χ1) is 14.6. The van der Waals surface area contributed by atoms with Crippen molar-refractivity contribution in [3.63, 3.8) is 0 Å². The molecular weight excluding hydrogens is 380 g/mol. The van der Waals surface area contributed by atoms with Crippen molar-refractivity contribution in [1.29, 1.82) is 0 Å². The highest BCUT2D eigenvalue weighted by Gasteiger charge is 2.23. The molecule has 3 rings (SSSR count). The van der Waals surface area contributed by atoms with Gasteiger partial charge >= 0.3 is 0 Å². The average Bonchev–Trinajstić information content (AvgIpc) is 2.78. The maximum absolute atomic E-state index is 13.3. The van der Waals surface area contributed by atoms with Gasteiger partial charge in [0.05, 0.1) is 7.11 Å². The third kappa shape index (κ3) is 5.70. The summed E-state index contributed by atoms with van der Waals surface area (Å²) in [6.07, 6.45) is -0.0682. The van der Waals surface area contributed by atoms with Crippen LogP contribution in [0.3, 0.4) is 0 Å². The highest BCUT2D eigenvalue weighted by Crippen LogP contribution is 2.29. The average molecular weight is 403 g/mol. The van der Waals surface area contributed by atoms with E-state index in [9.17, 15) is 14.7 Å². The third-order valence-electron chi connectivity index (χ3n) is 4.82. The van der Waals surface area contributed by atoms with E-state index in [4.69, 9.17) is 9.47 Å². The number of hydrogen-bond donors (Lipinski definition) is 0. The van der Waals surface area contributed by atoms with Gasteiger partial charge in [-0.15, -0.1) is 0 Å². The zero-order chi connectivity index (χ0) is 21.3. The van der Waals surface area contributed by atoms with Gasteiger partial charge in [-0.3, -0.25) is 4.79 Å². The van der Waals surface area contributed by atoms with Crippen molar-refractivity contribution in [2.24, 2.45) is 0 Å². The molecule has 0 amide bonds. The number of aliphatic carboxylic acids is 1. The molecule has 30 heavy (non-hydrogen) atoms. The van der Waals surface area contributed by atoms with Crippen molar-refractivity contribution in [3.8, 4) is 11.5 Å². The summed E-state index contributed by atoms with van der Waals surface area (Å²) in [7, 11) is 1.55. The van der Waals surface area contributed by atoms with Crippen molar-refractivity contribution in [2.75, 3.05) is 7.11 Å². The standard InChI is InChI=1S/C25H24O5/c1-29-21-11-5-9-19(15-21)23(13-14-24(26)27)25(28)20-10-6-12-22(16-20)30-17-18-7-3-2-4-8-18/h2-12,15-16,23H,13-14,17H2,1H3,(H,26,27)/p-1. The fourth-order valence-corrected chi connectivity index (χ4v) is 3.25. The summed E-state index contributed by atoms with van der Waals surface area (Å²) in [5.41, 5.74) is 2.19. The highest BCUT2D eigenvalue weighted by molar-refractivity contribution is 6.01. The van der Waals surface area contributed by atoms with E-state index in [1.54, 1.807) is 55.6 Å². The molecule has 0 fully saturated rings. The first kappa shape index (κ1) is 21.1. The number of benzene rings is 3. The van der Waals surface area contributed by atoms with E-state index in [1.807, 2.05) is 30.3 Å². The molecule has 0 aromatic heterocycles. The molecule has 0 N–H and O–H groups in total. The molecule has 0 aliphatic heterocycles. The Morgan fingerprint density at radius 1 is 0.900 bits per heavy atom. The molecule has 3 aromatic rings. The van der Waals surface area contributed by atoms with Gasteiger partial charge in [-0.1, -0.05) is 54.6 Å². The molecular formula is C25H23O5-. The van der Waals surface area contributed by atoms with E-state index >= 15 is 0 Å². The Hall–Kier alpha value is -3.60. The summed E-state index contributed by atoms with van der Waals surface area (Å²) in [6, 6.07) is 23.8. The fourth-order valence-electron chi connectivity index (χ4n) is 3.25. The van der Waals surface area contributed by atoms with Gasteiger partial charge in [-0.05, 0) is 48.2 Å². The Bertz CT molecular complexity index is 997. The quantitative estimate of drug-likeness (QED) is 0.482. The number of ether oxygens (including phenoxy) is 2. The number of carbonyl (C=O) groups is 2. The van der Waals surface area contributed by atoms with Gasteiger partial charge in [0.2, 0.25) is 0 Å². The lowest BCUT2D eigenvalue weighted by molar-refractivity contribution is -0.305. The van der Waals surface area contributed by atoms with E-state index in [2.05, 4.69) is 0 Å². The molecule has 0 saturated carbocycles. The third-order valence-corrected chi connectivity index (χ3v) is 4.82. The van der Waals surface area contributed by atoms with Gasteiger partial charge in [-0.2, -0.15) is 0 Å². The van der Waals surface area contributed by atoms with Crippen molar-refractivity contribution in [3.05, 3.63) is 95.6 Å². The number of methoxy groups -OCH3 is 1. The minimum atomic E-state index is -1.18. The predicted molar refractivity (Wildman–Crippen MR) is 112 cm³/mol. The summed E-state index contributed by atoms with van der Waals surface area (Å²) in [5, 5.41) is 11.0. The van der Waals surface area contributed by atoms with Crippen molar-refractivity contribution < 1.29 is 24.2 Å². The van der Waals surface area contributed by atoms with E-state index in [1.165, 1.54) is 0 Å². The Labute approximate surface area is 175 Å². The number of hydrogen-bond acceptors (Lipinski definition) is 5. The van der Waals surface area contributed by atoms with Gasteiger partial charge in [0.25, 0.3) is 0 Å². The molecule has 3 aromatic carbocycles. The second-order valence-electron chi connectivity index (χ2n) is 6.91. The minimum absolute atomic E-state index is 0.142. The molecule has 0 bridgehead atoms. The maximum Gasteiger partial charge on any atom is 0.170 e. The lowest BCUT2D eigenvalue weighted by Gasteiger charge is -2.18. The van der Waals surface area contributed by atoms with Crippen molar-refractivity contribution >= 4 is 11.8 Å². The molecule has 5 nitrogen and oxygen atoms in total. The van der Waals surface area contributed by atoms with Crippen molar-refractivity contribution in [2.45, 2.75) is 25.4 Å². The monoisotopic (exact) mass is 403 g/mol.